The second-order valence-electron chi connectivity index (χ2n) is 7.08. The number of nitrogens with zero attached hydrogens (tertiary/aromatic N) is 2. The first kappa shape index (κ1) is 19.5. The van der Waals surface area contributed by atoms with Gasteiger partial charge in [-0.1, -0.05) is 0 Å². The Kier molecular flexibility index (Phi) is 6.62. The highest BCUT2D eigenvalue weighted by atomic mass is 16.6. The predicted octanol–water partition coefficient (Wildman–Crippen LogP) is 3.08. The van der Waals surface area contributed by atoms with Crippen LogP contribution in [-0.4, -0.2) is 34.1 Å². The van der Waals surface area contributed by atoms with Crippen molar-refractivity contribution in [2.24, 2.45) is 0 Å². The molecule has 0 fully saturated rings. The lowest BCUT2D eigenvalue weighted by atomic mass is 10.1. The van der Waals surface area contributed by atoms with Crippen molar-refractivity contribution in [3.05, 3.63) is 17.0 Å². The van der Waals surface area contributed by atoms with Crippen LogP contribution in [0.15, 0.2) is 0 Å². The summed E-state index contributed by atoms with van der Waals surface area (Å²) < 4.78 is 7.28. The summed E-state index contributed by atoms with van der Waals surface area (Å²) in [5.74, 6) is 0. The molecule has 0 saturated carbocycles. The molecular weight excluding hydrogens is 292 g/mol. The molecule has 23 heavy (non-hydrogen) atoms. The summed E-state index contributed by atoms with van der Waals surface area (Å²) in [6, 6.07) is 0.160. The average molecular weight is 324 g/mol. The molecule has 0 aromatic carbocycles. The van der Waals surface area contributed by atoms with Gasteiger partial charge in [-0.15, -0.1) is 0 Å². The smallest absolute Gasteiger partial charge is 0.407 e. The summed E-state index contributed by atoms with van der Waals surface area (Å²) in [4.78, 5) is 11.8. The molecule has 1 amide bonds. The number of carbonyl (C=O) groups is 1. The molecule has 0 aliphatic rings. The van der Waals surface area contributed by atoms with Crippen molar-refractivity contribution < 1.29 is 9.53 Å². The maximum absolute atomic E-state index is 11.8. The predicted molar refractivity (Wildman–Crippen MR) is 92.6 cm³/mol. The number of hydrogen-bond acceptors (Lipinski definition) is 4. The summed E-state index contributed by atoms with van der Waals surface area (Å²) in [5, 5.41) is 10.9. The Morgan fingerprint density at radius 3 is 2.39 bits per heavy atom. The van der Waals surface area contributed by atoms with Crippen molar-refractivity contribution in [3.63, 3.8) is 0 Å². The Morgan fingerprint density at radius 1 is 1.30 bits per heavy atom. The highest BCUT2D eigenvalue weighted by Gasteiger charge is 2.20. The minimum Gasteiger partial charge on any atom is -0.444 e. The molecule has 1 aromatic rings. The summed E-state index contributed by atoms with van der Waals surface area (Å²) in [6.45, 7) is 17.4. The zero-order valence-electron chi connectivity index (χ0n) is 15.8. The molecular formula is C17H32N4O2. The van der Waals surface area contributed by atoms with Crippen LogP contribution in [0.25, 0.3) is 0 Å². The minimum absolute atomic E-state index is 0.0193. The van der Waals surface area contributed by atoms with Gasteiger partial charge in [0.1, 0.15) is 5.60 Å². The summed E-state index contributed by atoms with van der Waals surface area (Å²) >= 11 is 0. The molecule has 1 heterocycles. The second kappa shape index (κ2) is 7.81. The lowest BCUT2D eigenvalue weighted by Gasteiger charge is -2.23. The van der Waals surface area contributed by atoms with Crippen LogP contribution in [-0.2, 0) is 11.3 Å². The van der Waals surface area contributed by atoms with E-state index in [1.807, 2.05) is 39.3 Å². The largest absolute Gasteiger partial charge is 0.444 e. The van der Waals surface area contributed by atoms with Crippen LogP contribution in [0.2, 0.25) is 0 Å². The van der Waals surface area contributed by atoms with E-state index in [2.05, 4.69) is 36.5 Å². The molecule has 0 radical (unpaired) electrons. The van der Waals surface area contributed by atoms with Crippen molar-refractivity contribution in [2.45, 2.75) is 79.6 Å². The van der Waals surface area contributed by atoms with Crippen LogP contribution in [0.3, 0.4) is 0 Å². The van der Waals surface area contributed by atoms with Crippen LogP contribution in [0.5, 0.6) is 0 Å². The summed E-state index contributed by atoms with van der Waals surface area (Å²) in [7, 11) is 0. The van der Waals surface area contributed by atoms with Crippen molar-refractivity contribution in [1.29, 1.82) is 0 Å². The highest BCUT2D eigenvalue weighted by Crippen LogP contribution is 2.21. The Hall–Kier alpha value is -1.56. The SMILES string of the molecule is CCn1nc(C)c(C(C)NCC(C)NC(=O)OC(C)(C)C)c1C. The van der Waals surface area contributed by atoms with Crippen molar-refractivity contribution in [3.8, 4) is 0 Å². The monoisotopic (exact) mass is 324 g/mol. The molecule has 2 N–H and O–H groups in total. The van der Waals surface area contributed by atoms with Crippen LogP contribution in [0.4, 0.5) is 4.79 Å². The fourth-order valence-corrected chi connectivity index (χ4v) is 2.66. The maximum Gasteiger partial charge on any atom is 0.407 e. The molecule has 0 aliphatic heterocycles. The van der Waals surface area contributed by atoms with E-state index in [-0.39, 0.29) is 18.2 Å². The number of rotatable bonds is 6. The Morgan fingerprint density at radius 2 is 1.91 bits per heavy atom. The molecule has 0 aliphatic carbocycles. The number of hydrogen-bond donors (Lipinski definition) is 2. The van der Waals surface area contributed by atoms with Crippen molar-refractivity contribution in [1.82, 2.24) is 20.4 Å². The number of amides is 1. The standard InChI is InChI=1S/C17H32N4O2/c1-9-21-14(5)15(13(4)20-21)12(3)18-10-11(2)19-16(22)23-17(6,7)8/h11-12,18H,9-10H2,1-8H3,(H,19,22). The van der Waals surface area contributed by atoms with Gasteiger partial charge in [0.05, 0.1) is 5.69 Å². The van der Waals surface area contributed by atoms with Gasteiger partial charge in [-0.05, 0) is 55.4 Å². The van der Waals surface area contributed by atoms with Crippen LogP contribution >= 0.6 is 0 Å². The van der Waals surface area contributed by atoms with E-state index >= 15 is 0 Å². The fourth-order valence-electron chi connectivity index (χ4n) is 2.66. The quantitative estimate of drug-likeness (QED) is 0.844. The molecule has 1 rings (SSSR count). The summed E-state index contributed by atoms with van der Waals surface area (Å²) in [5.41, 5.74) is 3.00. The lowest BCUT2D eigenvalue weighted by molar-refractivity contribution is 0.0507. The molecule has 2 unspecified atom stereocenters. The van der Waals surface area contributed by atoms with E-state index < -0.39 is 5.60 Å². The summed E-state index contributed by atoms with van der Waals surface area (Å²) in [6.07, 6.45) is -0.384. The number of carbonyl (C=O) groups excluding carboxylic acids is 1. The normalized spacial score (nSPS) is 14.4. The van der Waals surface area contributed by atoms with Crippen LogP contribution in [0, 0.1) is 13.8 Å². The van der Waals surface area contributed by atoms with E-state index in [9.17, 15) is 4.79 Å². The Labute approximate surface area is 140 Å². The molecule has 0 spiro atoms. The van der Waals surface area contributed by atoms with E-state index in [0.29, 0.717) is 6.54 Å². The molecule has 6 nitrogen and oxygen atoms in total. The van der Waals surface area contributed by atoms with Gasteiger partial charge in [-0.2, -0.15) is 5.10 Å². The van der Waals surface area contributed by atoms with Crippen molar-refractivity contribution in [2.75, 3.05) is 6.54 Å². The van der Waals surface area contributed by atoms with E-state index in [0.717, 1.165) is 12.2 Å². The topological polar surface area (TPSA) is 68.2 Å². The third kappa shape index (κ3) is 5.86. The molecule has 132 valence electrons. The molecule has 2 atom stereocenters. The first-order valence-corrected chi connectivity index (χ1v) is 8.32. The van der Waals surface area contributed by atoms with Gasteiger partial charge < -0.3 is 15.4 Å². The fraction of sp³-hybridized carbons (Fsp3) is 0.765. The lowest BCUT2D eigenvalue weighted by Crippen LogP contribution is -2.43. The number of ether oxygens (including phenoxy) is 1. The zero-order chi connectivity index (χ0) is 17.8. The maximum atomic E-state index is 11.8. The first-order valence-electron chi connectivity index (χ1n) is 8.32. The van der Waals surface area contributed by atoms with Gasteiger partial charge in [-0.3, -0.25) is 4.68 Å². The molecule has 0 bridgehead atoms. The van der Waals surface area contributed by atoms with Gasteiger partial charge in [0, 0.05) is 36.4 Å². The molecule has 1 aromatic heterocycles. The third-order valence-electron chi connectivity index (χ3n) is 3.66. The van der Waals surface area contributed by atoms with Gasteiger partial charge in [-0.25, -0.2) is 4.79 Å². The van der Waals surface area contributed by atoms with Gasteiger partial charge in [0.15, 0.2) is 0 Å². The van der Waals surface area contributed by atoms with E-state index in [1.165, 1.54) is 11.3 Å². The highest BCUT2D eigenvalue weighted by molar-refractivity contribution is 5.68. The van der Waals surface area contributed by atoms with Crippen LogP contribution in [0.1, 0.15) is 64.5 Å². The number of aryl methyl sites for hydroxylation is 2. The average Bonchev–Trinajstić information content (AvgIpc) is 2.68. The van der Waals surface area contributed by atoms with Crippen molar-refractivity contribution >= 4 is 6.09 Å². The second-order valence-corrected chi connectivity index (χ2v) is 7.08. The van der Waals surface area contributed by atoms with E-state index in [1.54, 1.807) is 0 Å². The van der Waals surface area contributed by atoms with E-state index in [4.69, 9.17) is 4.74 Å². The Bertz CT molecular complexity index is 531. The molecule has 6 heteroatoms. The number of nitrogens with one attached hydrogen (secondary N) is 2. The van der Waals surface area contributed by atoms with Gasteiger partial charge >= 0.3 is 6.09 Å². The van der Waals surface area contributed by atoms with Gasteiger partial charge in [0.25, 0.3) is 0 Å². The molecule has 0 saturated heterocycles. The van der Waals surface area contributed by atoms with Crippen LogP contribution < -0.4 is 10.6 Å². The zero-order valence-corrected chi connectivity index (χ0v) is 15.8. The Balaban J connectivity index is 2.54. The minimum atomic E-state index is -0.479. The number of aromatic nitrogens is 2. The third-order valence-corrected chi connectivity index (χ3v) is 3.66. The van der Waals surface area contributed by atoms with Gasteiger partial charge in [0.2, 0.25) is 0 Å². The first-order chi connectivity index (χ1) is 10.5. The number of alkyl carbamates (subject to hydrolysis) is 1.